The molecule has 2 N–H and O–H groups in total. The molecule has 1 saturated heterocycles. The fraction of sp³-hybridized carbons (Fsp3) is 0.500. The van der Waals surface area contributed by atoms with Gasteiger partial charge in [0, 0.05) is 25.0 Å². The Kier molecular flexibility index (Phi) is 3.91. The minimum absolute atomic E-state index is 0.561. The average molecular weight is 242 g/mol. The van der Waals surface area contributed by atoms with Crippen LogP contribution < -0.4 is 10.5 Å². The van der Waals surface area contributed by atoms with Gasteiger partial charge in [0.05, 0.1) is 11.6 Å². The summed E-state index contributed by atoms with van der Waals surface area (Å²) < 4.78 is 11.0. The lowest BCUT2D eigenvalue weighted by molar-refractivity contribution is 0.0498. The lowest BCUT2D eigenvalue weighted by atomic mass is 10.0. The second kappa shape index (κ2) is 5.41. The number of anilines is 1. The lowest BCUT2D eigenvalue weighted by Gasteiger charge is -2.22. The van der Waals surface area contributed by atoms with Crippen LogP contribution in [0.4, 0.5) is 5.69 Å². The Balaban J connectivity index is 1.90. The molecule has 1 fully saturated rings. The molecule has 0 amide bonds. The van der Waals surface area contributed by atoms with Crippen LogP contribution in [-0.4, -0.2) is 19.8 Å². The van der Waals surface area contributed by atoms with Gasteiger partial charge >= 0.3 is 0 Å². The van der Waals surface area contributed by atoms with E-state index < -0.39 is 0 Å². The molecule has 0 bridgehead atoms. The minimum Gasteiger partial charge on any atom is -0.492 e. The largest absolute Gasteiger partial charge is 0.492 e. The summed E-state index contributed by atoms with van der Waals surface area (Å²) in [4.78, 5) is 0. The third-order valence-electron chi connectivity index (χ3n) is 2.77. The number of nitrogens with two attached hydrogens (primary N) is 1. The molecule has 16 heavy (non-hydrogen) atoms. The highest BCUT2D eigenvalue weighted by atomic mass is 35.5. The van der Waals surface area contributed by atoms with Crippen LogP contribution in [0.5, 0.6) is 5.75 Å². The third-order valence-corrected chi connectivity index (χ3v) is 3.08. The van der Waals surface area contributed by atoms with Crippen LogP contribution in [0.3, 0.4) is 0 Å². The van der Waals surface area contributed by atoms with Gasteiger partial charge in [-0.1, -0.05) is 11.6 Å². The number of ether oxygens (including phenoxy) is 2. The number of hydrogen-bond acceptors (Lipinski definition) is 3. The summed E-state index contributed by atoms with van der Waals surface area (Å²) in [6.45, 7) is 2.35. The van der Waals surface area contributed by atoms with Crippen molar-refractivity contribution in [3.8, 4) is 5.75 Å². The quantitative estimate of drug-likeness (QED) is 0.828. The second-order valence-corrected chi connectivity index (χ2v) is 4.46. The zero-order valence-corrected chi connectivity index (χ0v) is 9.87. The fourth-order valence-electron chi connectivity index (χ4n) is 1.75. The summed E-state index contributed by atoms with van der Waals surface area (Å²) in [5.41, 5.74) is 6.35. The summed E-state index contributed by atoms with van der Waals surface area (Å²) in [6.07, 6.45) is 2.11. The van der Waals surface area contributed by atoms with E-state index in [9.17, 15) is 0 Å². The third kappa shape index (κ3) is 3.03. The summed E-state index contributed by atoms with van der Waals surface area (Å²) in [5, 5.41) is 0.612. The normalized spacial score (nSPS) is 17.3. The number of rotatable bonds is 3. The van der Waals surface area contributed by atoms with E-state index in [1.807, 2.05) is 0 Å². The van der Waals surface area contributed by atoms with Crippen molar-refractivity contribution in [2.75, 3.05) is 25.6 Å². The molecule has 0 spiro atoms. The lowest BCUT2D eigenvalue weighted by Crippen LogP contribution is -2.21. The molecule has 1 aliphatic heterocycles. The van der Waals surface area contributed by atoms with Crippen LogP contribution in [0.15, 0.2) is 18.2 Å². The molecule has 1 aromatic carbocycles. The van der Waals surface area contributed by atoms with Crippen molar-refractivity contribution in [3.05, 3.63) is 23.2 Å². The first-order chi connectivity index (χ1) is 7.75. The Morgan fingerprint density at radius 1 is 1.38 bits per heavy atom. The average Bonchev–Trinajstić information content (AvgIpc) is 2.32. The van der Waals surface area contributed by atoms with E-state index in [0.717, 1.165) is 26.1 Å². The van der Waals surface area contributed by atoms with Crippen LogP contribution in [0.25, 0.3) is 0 Å². The molecular formula is C12H16ClNO2. The zero-order chi connectivity index (χ0) is 11.4. The maximum atomic E-state index is 6.01. The first-order valence-electron chi connectivity index (χ1n) is 5.51. The van der Waals surface area contributed by atoms with Gasteiger partial charge in [-0.3, -0.25) is 0 Å². The topological polar surface area (TPSA) is 44.5 Å². The first kappa shape index (κ1) is 11.6. The Hall–Kier alpha value is -0.930. The van der Waals surface area contributed by atoms with E-state index >= 15 is 0 Å². The number of nitrogen functional groups attached to an aromatic ring is 1. The van der Waals surface area contributed by atoms with Crippen molar-refractivity contribution in [1.82, 2.24) is 0 Å². The highest BCUT2D eigenvalue weighted by molar-refractivity contribution is 6.32. The van der Waals surface area contributed by atoms with Crippen molar-refractivity contribution < 1.29 is 9.47 Å². The summed E-state index contributed by atoms with van der Waals surface area (Å²) in [5.74, 6) is 1.24. The predicted molar refractivity (Wildman–Crippen MR) is 64.9 cm³/mol. The first-order valence-corrected chi connectivity index (χ1v) is 5.89. The summed E-state index contributed by atoms with van der Waals surface area (Å²) >= 11 is 6.01. The van der Waals surface area contributed by atoms with Gasteiger partial charge in [-0.2, -0.15) is 0 Å². The Labute approximate surface area is 100 Å². The zero-order valence-electron chi connectivity index (χ0n) is 9.12. The van der Waals surface area contributed by atoms with Gasteiger partial charge in [0.25, 0.3) is 0 Å². The SMILES string of the molecule is Nc1ccc(Cl)c(OCC2CCOCC2)c1. The molecule has 3 nitrogen and oxygen atoms in total. The smallest absolute Gasteiger partial charge is 0.139 e. The molecule has 88 valence electrons. The van der Waals surface area contributed by atoms with Crippen LogP contribution >= 0.6 is 11.6 Å². The molecule has 0 unspecified atom stereocenters. The second-order valence-electron chi connectivity index (χ2n) is 4.06. The Morgan fingerprint density at radius 3 is 2.88 bits per heavy atom. The van der Waals surface area contributed by atoms with E-state index in [2.05, 4.69) is 0 Å². The molecule has 0 aliphatic carbocycles. The molecular weight excluding hydrogens is 226 g/mol. The molecule has 2 rings (SSSR count). The van der Waals surface area contributed by atoms with E-state index in [-0.39, 0.29) is 0 Å². The fourth-order valence-corrected chi connectivity index (χ4v) is 1.92. The molecule has 1 aromatic rings. The van der Waals surface area contributed by atoms with Crippen molar-refractivity contribution in [2.24, 2.45) is 5.92 Å². The van der Waals surface area contributed by atoms with Crippen molar-refractivity contribution in [1.29, 1.82) is 0 Å². The van der Waals surface area contributed by atoms with Crippen LogP contribution in [0, 0.1) is 5.92 Å². The van der Waals surface area contributed by atoms with Crippen molar-refractivity contribution in [2.45, 2.75) is 12.8 Å². The summed E-state index contributed by atoms with van der Waals surface area (Å²) in [6, 6.07) is 5.29. The van der Waals surface area contributed by atoms with Crippen LogP contribution in [-0.2, 0) is 4.74 Å². The number of halogens is 1. The highest BCUT2D eigenvalue weighted by Crippen LogP contribution is 2.27. The monoisotopic (exact) mass is 241 g/mol. The van der Waals surface area contributed by atoms with Gasteiger partial charge in [0.1, 0.15) is 5.75 Å². The van der Waals surface area contributed by atoms with E-state index in [1.54, 1.807) is 18.2 Å². The van der Waals surface area contributed by atoms with Gasteiger partial charge < -0.3 is 15.2 Å². The standard InChI is InChI=1S/C12H16ClNO2/c13-11-2-1-10(14)7-12(11)16-8-9-3-5-15-6-4-9/h1-2,7,9H,3-6,8,14H2. The predicted octanol–water partition coefficient (Wildman–Crippen LogP) is 2.73. The number of benzene rings is 1. The maximum absolute atomic E-state index is 6.01. The van der Waals surface area contributed by atoms with Gasteiger partial charge in [-0.05, 0) is 30.9 Å². The van der Waals surface area contributed by atoms with Crippen LogP contribution in [0.2, 0.25) is 5.02 Å². The van der Waals surface area contributed by atoms with Crippen molar-refractivity contribution in [3.63, 3.8) is 0 Å². The van der Waals surface area contributed by atoms with Crippen LogP contribution in [0.1, 0.15) is 12.8 Å². The van der Waals surface area contributed by atoms with Gasteiger partial charge in [0.2, 0.25) is 0 Å². The molecule has 1 heterocycles. The summed E-state index contributed by atoms with van der Waals surface area (Å²) in [7, 11) is 0. The van der Waals surface area contributed by atoms with Gasteiger partial charge in [-0.25, -0.2) is 0 Å². The molecule has 0 atom stereocenters. The molecule has 0 saturated carbocycles. The van der Waals surface area contributed by atoms with Gasteiger partial charge in [-0.15, -0.1) is 0 Å². The Morgan fingerprint density at radius 2 is 2.12 bits per heavy atom. The van der Waals surface area contributed by atoms with Crippen molar-refractivity contribution >= 4 is 17.3 Å². The highest BCUT2D eigenvalue weighted by Gasteiger charge is 2.15. The van der Waals surface area contributed by atoms with E-state index in [1.165, 1.54) is 0 Å². The minimum atomic E-state index is 0.561. The maximum Gasteiger partial charge on any atom is 0.139 e. The number of hydrogen-bond donors (Lipinski definition) is 1. The molecule has 0 radical (unpaired) electrons. The molecule has 4 heteroatoms. The van der Waals surface area contributed by atoms with E-state index in [4.69, 9.17) is 26.8 Å². The Bertz CT molecular complexity index is 351. The van der Waals surface area contributed by atoms with E-state index in [0.29, 0.717) is 29.0 Å². The molecule has 1 aliphatic rings. The molecule has 0 aromatic heterocycles. The van der Waals surface area contributed by atoms with Gasteiger partial charge in [0.15, 0.2) is 0 Å².